The summed E-state index contributed by atoms with van der Waals surface area (Å²) in [6.07, 6.45) is 3.67. The lowest BCUT2D eigenvalue weighted by Gasteiger charge is -2.24. The lowest BCUT2D eigenvalue weighted by Crippen LogP contribution is -2.33. The molecular weight excluding hydrogens is 247 g/mol. The Morgan fingerprint density at radius 1 is 1.47 bits per heavy atom. The first-order valence-corrected chi connectivity index (χ1v) is 6.82. The van der Waals surface area contributed by atoms with E-state index in [2.05, 4.69) is 6.92 Å². The summed E-state index contributed by atoms with van der Waals surface area (Å²) in [6, 6.07) is 4.37. The van der Waals surface area contributed by atoms with Crippen LogP contribution in [0.2, 0.25) is 0 Å². The van der Waals surface area contributed by atoms with Gasteiger partial charge in [-0.25, -0.2) is 9.18 Å². The van der Waals surface area contributed by atoms with Crippen molar-refractivity contribution in [2.75, 3.05) is 6.61 Å². The van der Waals surface area contributed by atoms with Crippen molar-refractivity contribution >= 4 is 5.97 Å². The van der Waals surface area contributed by atoms with Gasteiger partial charge in [0, 0.05) is 0 Å². The average Bonchev–Trinajstić information content (AvgIpc) is 2.42. The third kappa shape index (κ3) is 3.69. The molecule has 0 N–H and O–H groups in total. The summed E-state index contributed by atoms with van der Waals surface area (Å²) in [5, 5.41) is 0. The van der Waals surface area contributed by atoms with Crippen LogP contribution >= 0.6 is 0 Å². The largest absolute Gasteiger partial charge is 0.478 e. The van der Waals surface area contributed by atoms with Crippen molar-refractivity contribution in [2.24, 2.45) is 0 Å². The van der Waals surface area contributed by atoms with Crippen molar-refractivity contribution in [1.29, 1.82) is 0 Å². The number of esters is 1. The Labute approximate surface area is 112 Å². The molecule has 1 aromatic carbocycles. The highest BCUT2D eigenvalue weighted by Gasteiger charge is 2.27. The number of fused-ring (bicyclic) bond motifs is 1. The third-order valence-electron chi connectivity index (χ3n) is 3.22. The third-order valence-corrected chi connectivity index (χ3v) is 3.22. The van der Waals surface area contributed by atoms with Crippen LogP contribution in [0.25, 0.3) is 0 Å². The lowest BCUT2D eigenvalue weighted by molar-refractivity contribution is -0.152. The molecule has 4 heteroatoms. The molecule has 1 aliphatic heterocycles. The zero-order valence-electron chi connectivity index (χ0n) is 11.2. The second-order valence-corrected chi connectivity index (χ2v) is 4.77. The van der Waals surface area contributed by atoms with Gasteiger partial charge in [0.15, 0.2) is 6.10 Å². The number of rotatable bonds is 5. The van der Waals surface area contributed by atoms with Crippen molar-refractivity contribution < 1.29 is 18.7 Å². The van der Waals surface area contributed by atoms with E-state index in [9.17, 15) is 9.18 Å². The first-order valence-electron chi connectivity index (χ1n) is 6.82. The summed E-state index contributed by atoms with van der Waals surface area (Å²) in [6.45, 7) is 2.55. The van der Waals surface area contributed by atoms with Crippen molar-refractivity contribution in [3.05, 3.63) is 29.6 Å². The standard InChI is InChI=1S/C15H19FO3/c1-2-3-4-9-18-15(17)14-7-5-11-10-12(16)6-8-13(11)19-14/h6,8,10,14H,2-5,7,9H2,1H3. The van der Waals surface area contributed by atoms with Gasteiger partial charge in [-0.2, -0.15) is 0 Å². The molecule has 0 fully saturated rings. The number of hydrogen-bond acceptors (Lipinski definition) is 3. The Balaban J connectivity index is 1.87. The summed E-state index contributed by atoms with van der Waals surface area (Å²) in [5.41, 5.74) is 0.815. The molecule has 1 heterocycles. The van der Waals surface area contributed by atoms with Crippen LogP contribution in [0.15, 0.2) is 18.2 Å². The van der Waals surface area contributed by atoms with Gasteiger partial charge < -0.3 is 9.47 Å². The number of carbonyl (C=O) groups is 1. The minimum absolute atomic E-state index is 0.275. The highest BCUT2D eigenvalue weighted by Crippen LogP contribution is 2.28. The molecule has 0 aliphatic carbocycles. The van der Waals surface area contributed by atoms with Gasteiger partial charge >= 0.3 is 5.97 Å². The van der Waals surface area contributed by atoms with Crippen LogP contribution in [0.1, 0.15) is 38.2 Å². The van der Waals surface area contributed by atoms with Gasteiger partial charge in [0.2, 0.25) is 0 Å². The molecule has 1 unspecified atom stereocenters. The molecule has 1 aliphatic rings. The van der Waals surface area contributed by atoms with E-state index in [4.69, 9.17) is 9.47 Å². The van der Waals surface area contributed by atoms with Crippen LogP contribution in [0.3, 0.4) is 0 Å². The molecule has 0 aromatic heterocycles. The first-order chi connectivity index (χ1) is 9.20. The maximum Gasteiger partial charge on any atom is 0.347 e. The Bertz CT molecular complexity index is 445. The van der Waals surface area contributed by atoms with E-state index in [0.29, 0.717) is 25.2 Å². The fourth-order valence-electron chi connectivity index (χ4n) is 2.14. The molecule has 2 rings (SSSR count). The van der Waals surface area contributed by atoms with E-state index in [1.54, 1.807) is 6.07 Å². The van der Waals surface area contributed by atoms with E-state index in [1.165, 1.54) is 12.1 Å². The number of aryl methyl sites for hydroxylation is 1. The molecule has 19 heavy (non-hydrogen) atoms. The molecule has 0 spiro atoms. The Kier molecular flexibility index (Phi) is 4.77. The summed E-state index contributed by atoms with van der Waals surface area (Å²) in [4.78, 5) is 11.8. The SMILES string of the molecule is CCCCCOC(=O)C1CCc2cc(F)ccc2O1. The molecule has 3 nitrogen and oxygen atoms in total. The Morgan fingerprint density at radius 3 is 3.11 bits per heavy atom. The van der Waals surface area contributed by atoms with Crippen molar-refractivity contribution in [3.63, 3.8) is 0 Å². The molecule has 1 atom stereocenters. The highest BCUT2D eigenvalue weighted by atomic mass is 19.1. The quantitative estimate of drug-likeness (QED) is 0.606. The molecule has 0 saturated carbocycles. The van der Waals surface area contributed by atoms with Crippen LogP contribution in [-0.4, -0.2) is 18.7 Å². The van der Waals surface area contributed by atoms with E-state index in [0.717, 1.165) is 24.8 Å². The minimum Gasteiger partial charge on any atom is -0.478 e. The van der Waals surface area contributed by atoms with Gasteiger partial charge in [-0.3, -0.25) is 0 Å². The smallest absolute Gasteiger partial charge is 0.347 e. The average molecular weight is 266 g/mol. The minimum atomic E-state index is -0.556. The molecule has 0 radical (unpaired) electrons. The predicted octanol–water partition coefficient (Wildman–Crippen LogP) is 3.25. The van der Waals surface area contributed by atoms with Crippen LogP contribution in [0.4, 0.5) is 4.39 Å². The Hall–Kier alpha value is -1.58. The fourth-order valence-corrected chi connectivity index (χ4v) is 2.14. The van der Waals surface area contributed by atoms with Crippen LogP contribution in [-0.2, 0) is 16.0 Å². The summed E-state index contributed by atoms with van der Waals surface area (Å²) in [7, 11) is 0. The van der Waals surface area contributed by atoms with Crippen LogP contribution < -0.4 is 4.74 Å². The van der Waals surface area contributed by atoms with Gasteiger partial charge in [0.1, 0.15) is 11.6 Å². The number of unbranched alkanes of at least 4 members (excludes halogenated alkanes) is 2. The van der Waals surface area contributed by atoms with Crippen LogP contribution in [0.5, 0.6) is 5.75 Å². The first kappa shape index (κ1) is 13.8. The molecule has 0 bridgehead atoms. The number of ether oxygens (including phenoxy) is 2. The zero-order valence-corrected chi connectivity index (χ0v) is 11.2. The van der Waals surface area contributed by atoms with E-state index >= 15 is 0 Å². The zero-order chi connectivity index (χ0) is 13.7. The fraction of sp³-hybridized carbons (Fsp3) is 0.533. The maximum atomic E-state index is 13.0. The molecule has 0 saturated heterocycles. The topological polar surface area (TPSA) is 35.5 Å². The number of hydrogen-bond donors (Lipinski definition) is 0. The van der Waals surface area contributed by atoms with Gasteiger partial charge in [-0.15, -0.1) is 0 Å². The van der Waals surface area contributed by atoms with Gasteiger partial charge in [-0.05, 0) is 43.0 Å². The van der Waals surface area contributed by atoms with E-state index in [-0.39, 0.29) is 11.8 Å². The molecule has 1 aromatic rings. The molecule has 104 valence electrons. The van der Waals surface area contributed by atoms with Crippen molar-refractivity contribution in [2.45, 2.75) is 45.1 Å². The van der Waals surface area contributed by atoms with E-state index < -0.39 is 6.10 Å². The van der Waals surface area contributed by atoms with Gasteiger partial charge in [0.25, 0.3) is 0 Å². The monoisotopic (exact) mass is 266 g/mol. The van der Waals surface area contributed by atoms with Gasteiger partial charge in [0.05, 0.1) is 6.61 Å². The van der Waals surface area contributed by atoms with Crippen molar-refractivity contribution in [1.82, 2.24) is 0 Å². The maximum absolute atomic E-state index is 13.0. The second-order valence-electron chi connectivity index (χ2n) is 4.77. The summed E-state index contributed by atoms with van der Waals surface area (Å²) in [5.74, 6) is -0.00261. The molecular formula is C15H19FO3. The highest BCUT2D eigenvalue weighted by molar-refractivity contribution is 5.75. The number of benzene rings is 1. The Morgan fingerprint density at radius 2 is 2.32 bits per heavy atom. The van der Waals surface area contributed by atoms with Crippen LogP contribution in [0, 0.1) is 5.82 Å². The summed E-state index contributed by atoms with van der Waals surface area (Å²) >= 11 is 0. The van der Waals surface area contributed by atoms with Gasteiger partial charge in [-0.1, -0.05) is 19.8 Å². The normalized spacial score (nSPS) is 17.5. The summed E-state index contributed by atoms with van der Waals surface area (Å²) < 4.78 is 23.8. The number of carbonyl (C=O) groups excluding carboxylic acids is 1. The lowest BCUT2D eigenvalue weighted by atomic mass is 10.0. The predicted molar refractivity (Wildman–Crippen MR) is 69.6 cm³/mol. The molecule has 0 amide bonds. The second kappa shape index (κ2) is 6.55. The number of halogens is 1. The van der Waals surface area contributed by atoms with Crippen molar-refractivity contribution in [3.8, 4) is 5.75 Å². The van der Waals surface area contributed by atoms with E-state index in [1.807, 2.05) is 0 Å².